The van der Waals surface area contributed by atoms with Crippen molar-refractivity contribution in [1.29, 1.82) is 0 Å². The molecular weight excluding hydrogens is 787 g/mol. The fraction of sp³-hybridized carbons (Fsp3) is 0.523. The van der Waals surface area contributed by atoms with Crippen LogP contribution in [0.15, 0.2) is 66.0 Å². The molecule has 2 unspecified atom stereocenters. The van der Waals surface area contributed by atoms with Crippen LogP contribution in [0.2, 0.25) is 0 Å². The molecule has 3 fully saturated rings. The van der Waals surface area contributed by atoms with Crippen molar-refractivity contribution >= 4 is 46.8 Å². The Balaban J connectivity index is 1.13. The summed E-state index contributed by atoms with van der Waals surface area (Å²) in [6.45, 7) is 10.4. The molecule has 0 saturated carbocycles. The summed E-state index contributed by atoms with van der Waals surface area (Å²) in [7, 11) is 1.99. The number of piperazine rings is 1. The molecule has 0 aliphatic carbocycles. The molecule has 6 atom stereocenters. The molecule has 3 aliphatic heterocycles. The van der Waals surface area contributed by atoms with Gasteiger partial charge in [0.05, 0.1) is 24.8 Å². The van der Waals surface area contributed by atoms with Gasteiger partial charge in [0.25, 0.3) is 5.19 Å². The average molecular weight is 844 g/mol. The molecule has 1 aromatic heterocycles. The number of nitrogens with zero attached hydrogens (tertiary/aromatic N) is 4. The van der Waals surface area contributed by atoms with Crippen molar-refractivity contribution in [2.24, 2.45) is 5.92 Å². The Morgan fingerprint density at radius 1 is 0.933 bits per heavy atom. The van der Waals surface area contributed by atoms with E-state index in [1.54, 1.807) is 17.2 Å². The number of rotatable bonds is 18. The quantitative estimate of drug-likeness (QED) is 0.161. The third-order valence-corrected chi connectivity index (χ3v) is 12.1. The van der Waals surface area contributed by atoms with E-state index in [0.717, 1.165) is 35.6 Å². The number of likely N-dealkylation sites (N-methyl/N-ethyl adjacent to an activating group) is 1. The molecule has 60 heavy (non-hydrogen) atoms. The second-order valence-corrected chi connectivity index (χ2v) is 17.6. The molecule has 2 aromatic carbocycles. The number of ketones is 1. The minimum atomic E-state index is -1.000. The lowest BCUT2D eigenvalue weighted by Gasteiger charge is -2.33. The number of aryl methyl sites for hydroxylation is 1. The first-order valence-electron chi connectivity index (χ1n) is 20.8. The van der Waals surface area contributed by atoms with Gasteiger partial charge in [-0.15, -0.1) is 0 Å². The van der Waals surface area contributed by atoms with Crippen LogP contribution in [-0.4, -0.2) is 131 Å². The van der Waals surface area contributed by atoms with Crippen LogP contribution >= 0.6 is 11.3 Å². The lowest BCUT2D eigenvalue weighted by atomic mass is 9.92. The Bertz CT molecular complexity index is 1980. The van der Waals surface area contributed by atoms with Crippen molar-refractivity contribution in [3.8, 4) is 5.19 Å². The molecule has 15 nitrogen and oxygen atoms in total. The molecule has 6 rings (SSSR count). The molecule has 16 heteroatoms. The van der Waals surface area contributed by atoms with Crippen LogP contribution in [0.3, 0.4) is 0 Å². The number of carbonyl (C=O) groups excluding carboxylic acids is 6. The normalized spacial score (nSPS) is 21.9. The summed E-state index contributed by atoms with van der Waals surface area (Å²) in [6.07, 6.45) is 0.916. The van der Waals surface area contributed by atoms with Gasteiger partial charge >= 0.3 is 6.09 Å². The maximum Gasteiger partial charge on any atom is 0.417 e. The van der Waals surface area contributed by atoms with Gasteiger partial charge in [-0.1, -0.05) is 85.8 Å². The number of benzene rings is 2. The first-order valence-corrected chi connectivity index (χ1v) is 21.6. The Morgan fingerprint density at radius 3 is 2.22 bits per heavy atom. The molecule has 3 saturated heterocycles. The largest absolute Gasteiger partial charge is 0.417 e. The van der Waals surface area contributed by atoms with Crippen LogP contribution < -0.4 is 20.7 Å². The fourth-order valence-corrected chi connectivity index (χ4v) is 8.39. The first kappa shape index (κ1) is 44.4. The number of aromatic nitrogens is 1. The van der Waals surface area contributed by atoms with Gasteiger partial charge in [0.1, 0.15) is 23.7 Å². The van der Waals surface area contributed by atoms with Crippen molar-refractivity contribution in [2.45, 2.75) is 102 Å². The number of thiazole rings is 1. The number of carbonyl (C=O) groups is 6. The van der Waals surface area contributed by atoms with Crippen LogP contribution in [0.1, 0.15) is 63.8 Å². The van der Waals surface area contributed by atoms with E-state index >= 15 is 0 Å². The molecule has 0 radical (unpaired) electrons. The molecule has 3 N–H and O–H groups in total. The summed E-state index contributed by atoms with van der Waals surface area (Å²) >= 11 is 1.11. The molecule has 3 aromatic rings. The standard InChI is InChI=1S/C44H57N7O8S/c1-28(2)22-34(38(53)44(4)27-58-44)47-40(55)36(24-31-14-10-7-11-15-31)51-29(3)23-35(41(51)56)48-39(54)33(17-16-30-12-8-6-9-13-30)46-37(52)25-32-26-60-42(45-32)59-43(57)50-20-18-49(5)19-21-50/h6-15,26,28-29,33-36H,16-25,27H2,1-5H3,(H,46,52)(H,47,55)(H,48,54)/t29?,33-,34-,35-,36-,44?/m0/s1. The Labute approximate surface area is 355 Å². The number of hydrogen-bond donors (Lipinski definition) is 3. The highest BCUT2D eigenvalue weighted by Gasteiger charge is 2.51. The maximum atomic E-state index is 14.3. The predicted molar refractivity (Wildman–Crippen MR) is 225 cm³/mol. The second-order valence-electron chi connectivity index (χ2n) is 16.8. The average Bonchev–Trinajstić information content (AvgIpc) is 3.73. The number of ether oxygens (including phenoxy) is 2. The maximum absolute atomic E-state index is 14.3. The van der Waals surface area contributed by atoms with Gasteiger partial charge < -0.3 is 40.1 Å². The highest BCUT2D eigenvalue weighted by Crippen LogP contribution is 2.31. The topological polar surface area (TPSA) is 183 Å². The van der Waals surface area contributed by atoms with E-state index < -0.39 is 65.5 Å². The number of amides is 5. The van der Waals surface area contributed by atoms with Crippen LogP contribution in [0.5, 0.6) is 5.19 Å². The van der Waals surface area contributed by atoms with E-state index in [9.17, 15) is 28.8 Å². The molecule has 322 valence electrons. The summed E-state index contributed by atoms with van der Waals surface area (Å²) in [5.41, 5.74) is 1.25. The minimum Gasteiger partial charge on any atom is -0.381 e. The molecule has 5 amide bonds. The second kappa shape index (κ2) is 19.9. The van der Waals surface area contributed by atoms with Crippen LogP contribution in [-0.2, 0) is 48.0 Å². The summed E-state index contributed by atoms with van der Waals surface area (Å²) < 4.78 is 10.9. The summed E-state index contributed by atoms with van der Waals surface area (Å²) in [4.78, 5) is 91.9. The Morgan fingerprint density at radius 2 is 1.58 bits per heavy atom. The molecule has 0 bridgehead atoms. The third kappa shape index (κ3) is 11.8. The lowest BCUT2D eigenvalue weighted by Crippen LogP contribution is -2.57. The third-order valence-electron chi connectivity index (χ3n) is 11.3. The first-order chi connectivity index (χ1) is 28.7. The molecule has 3 aliphatic rings. The van der Waals surface area contributed by atoms with Crippen LogP contribution in [0.4, 0.5) is 4.79 Å². The zero-order chi connectivity index (χ0) is 43.0. The van der Waals surface area contributed by atoms with Gasteiger partial charge in [-0.2, -0.15) is 0 Å². The van der Waals surface area contributed by atoms with Gasteiger partial charge in [0, 0.05) is 44.0 Å². The van der Waals surface area contributed by atoms with Crippen LogP contribution in [0.25, 0.3) is 0 Å². The zero-order valence-corrected chi connectivity index (χ0v) is 35.9. The van der Waals surface area contributed by atoms with Gasteiger partial charge in [0.15, 0.2) is 5.78 Å². The molecule has 4 heterocycles. The van der Waals surface area contributed by atoms with Gasteiger partial charge in [-0.05, 0) is 63.6 Å². The van der Waals surface area contributed by atoms with E-state index in [1.165, 1.54) is 4.90 Å². The Kier molecular flexibility index (Phi) is 14.7. The molecular formula is C44H57N7O8S. The van der Waals surface area contributed by atoms with E-state index in [0.29, 0.717) is 38.2 Å². The van der Waals surface area contributed by atoms with Crippen molar-refractivity contribution in [2.75, 3.05) is 39.8 Å². The number of nitrogens with one attached hydrogen (secondary N) is 3. The van der Waals surface area contributed by atoms with Crippen molar-refractivity contribution in [1.82, 2.24) is 35.6 Å². The van der Waals surface area contributed by atoms with E-state index in [1.807, 2.05) is 88.5 Å². The van der Waals surface area contributed by atoms with Crippen molar-refractivity contribution in [3.63, 3.8) is 0 Å². The zero-order valence-electron chi connectivity index (χ0n) is 35.1. The number of likely N-dealkylation sites (tertiary alicyclic amines) is 1. The van der Waals surface area contributed by atoms with E-state index in [-0.39, 0.29) is 42.6 Å². The summed E-state index contributed by atoms with van der Waals surface area (Å²) in [6, 6.07) is 14.8. The fourth-order valence-electron chi connectivity index (χ4n) is 7.73. The highest BCUT2D eigenvalue weighted by atomic mass is 32.1. The van der Waals surface area contributed by atoms with E-state index in [4.69, 9.17) is 9.47 Å². The van der Waals surface area contributed by atoms with E-state index in [2.05, 4.69) is 25.8 Å². The number of epoxide rings is 1. The monoisotopic (exact) mass is 843 g/mol. The minimum absolute atomic E-state index is 0.104. The highest BCUT2D eigenvalue weighted by molar-refractivity contribution is 7.11. The van der Waals surface area contributed by atoms with Crippen molar-refractivity contribution < 1.29 is 38.2 Å². The predicted octanol–water partition coefficient (Wildman–Crippen LogP) is 3.16. The van der Waals surface area contributed by atoms with Crippen LogP contribution in [0, 0.1) is 5.92 Å². The summed E-state index contributed by atoms with van der Waals surface area (Å²) in [5, 5.41) is 10.5. The van der Waals surface area contributed by atoms with Crippen molar-refractivity contribution in [3.05, 3.63) is 82.9 Å². The SMILES string of the molecule is CC(C)C[C@H](NC(=O)[C@H](Cc1ccccc1)N1C(=O)[C@@H](NC(=O)[C@H](CCc2ccccc2)NC(=O)Cc2csc(OC(=O)N3CCN(C)CC3)n2)CC1C)C(=O)C1(C)CO1. The Hall–Kier alpha value is -5.19. The number of hydrogen-bond acceptors (Lipinski definition) is 11. The number of Topliss-reactive ketones (excluding diaryl/α,β-unsaturated/α-hetero) is 1. The van der Waals surface area contributed by atoms with Gasteiger partial charge in [-0.25, -0.2) is 9.78 Å². The summed E-state index contributed by atoms with van der Waals surface area (Å²) in [5.74, 6) is -1.97. The lowest BCUT2D eigenvalue weighted by molar-refractivity contribution is -0.142. The molecule has 0 spiro atoms. The van der Waals surface area contributed by atoms with Gasteiger partial charge in [-0.3, -0.25) is 24.0 Å². The van der Waals surface area contributed by atoms with Gasteiger partial charge in [0.2, 0.25) is 23.6 Å². The smallest absolute Gasteiger partial charge is 0.381 e.